The predicted octanol–water partition coefficient (Wildman–Crippen LogP) is -3.92. The van der Waals surface area contributed by atoms with Crippen molar-refractivity contribution in [3.05, 3.63) is 0 Å². The molecule has 0 aromatic carbocycles. The molecule has 0 fully saturated rings. The van der Waals surface area contributed by atoms with E-state index >= 15 is 0 Å². The summed E-state index contributed by atoms with van der Waals surface area (Å²) in [5, 5.41) is 22.3. The van der Waals surface area contributed by atoms with E-state index in [9.17, 15) is 37.4 Å². The summed E-state index contributed by atoms with van der Waals surface area (Å²) in [6.07, 6.45) is 0. The molecule has 0 aliphatic carbocycles. The third-order valence-corrected chi connectivity index (χ3v) is 3.95. The maximum Gasteiger partial charge on any atom is 0.265 e. The van der Waals surface area contributed by atoms with Gasteiger partial charge in [0.25, 0.3) is 7.82 Å². The van der Waals surface area contributed by atoms with E-state index in [0.29, 0.717) is 22.5 Å². The molecule has 30 heavy (non-hydrogen) atoms. The van der Waals surface area contributed by atoms with Crippen molar-refractivity contribution in [2.75, 3.05) is 81.0 Å². The van der Waals surface area contributed by atoms with Gasteiger partial charge < -0.3 is 48.2 Å². The van der Waals surface area contributed by atoms with Crippen molar-refractivity contribution in [1.82, 2.24) is 5.32 Å². The van der Waals surface area contributed by atoms with Gasteiger partial charge in [0.05, 0.1) is 68.1 Å². The first-order chi connectivity index (χ1) is 13.7. The van der Waals surface area contributed by atoms with E-state index < -0.39 is 29.8 Å². The number of hydrogen-bond acceptors (Lipinski definition) is 10. The Morgan fingerprint density at radius 2 is 1.73 bits per heavy atom. The highest BCUT2D eigenvalue weighted by Gasteiger charge is 2.10. The Hall–Kier alpha value is -0.670. The first-order valence-corrected chi connectivity index (χ1v) is 11.8. The predicted molar refractivity (Wildman–Crippen MR) is 105 cm³/mol. The first-order valence-electron chi connectivity index (χ1n) is 9.40. The topological polar surface area (TPSA) is 202 Å². The van der Waals surface area contributed by atoms with Crippen LogP contribution in [0.5, 0.6) is 0 Å². The van der Waals surface area contributed by atoms with E-state index in [1.807, 2.05) is 35.1 Å². The summed E-state index contributed by atoms with van der Waals surface area (Å²) in [5.41, 5.74) is 0. The molecular formula is C15H38N3O10PS-2. The number of carboxylic acids is 1. The second kappa shape index (κ2) is 18.0. The van der Waals surface area contributed by atoms with E-state index in [1.54, 1.807) is 0 Å². The summed E-state index contributed by atoms with van der Waals surface area (Å²) in [5.74, 6) is -1.48. The number of carbonyl (C=O) groups is 1. The number of likely N-dealkylation sites (N-methyl/N-ethyl adjacent to an activating group) is 2. The van der Waals surface area contributed by atoms with Crippen molar-refractivity contribution in [3.8, 4) is 0 Å². The molecular weight excluding hydrogens is 445 g/mol. The number of hydrogen-bond donors (Lipinski definition) is 2. The first kappa shape index (κ1) is 34.0. The lowest BCUT2D eigenvalue weighted by Crippen LogP contribution is -2.47. The molecule has 1 atom stereocenters. The number of aliphatic carboxylic acids is 1. The maximum atomic E-state index is 10.0. The monoisotopic (exact) mass is 484 g/mol. The number of rotatable bonds is 9. The van der Waals surface area contributed by atoms with Crippen LogP contribution in [0, 0.1) is 0 Å². The van der Waals surface area contributed by atoms with Crippen molar-refractivity contribution in [2.24, 2.45) is 0 Å². The van der Waals surface area contributed by atoms with Gasteiger partial charge in [-0.15, -0.1) is 0 Å². The standard InChI is InChI=1S/C6H13NO2.C5H13NO.C2H7NO3S.C2H7O4P/c1-4-7(2,3)5-6(8)9;1-6(2,3)4-5-7;1-3-2-7(4,5)6;1-2-6-7(3,4)5/h4-5H2,1-3H3;4-5H2,1-3H3;3H,2H2,1H3,(H,4,5,6);2H2,1H3,(H2,3,4,5)/p-2/i;1D;;. The fourth-order valence-electron chi connectivity index (χ4n) is 1.05. The number of phosphoric ester groups is 1. The van der Waals surface area contributed by atoms with Gasteiger partial charge in [-0.1, -0.05) is 6.61 Å². The summed E-state index contributed by atoms with van der Waals surface area (Å²) >= 11 is 0. The number of carbonyl (C=O) groups excluding carboxylic acids is 1. The van der Waals surface area contributed by atoms with E-state index in [0.717, 1.165) is 6.54 Å². The molecule has 1 unspecified atom stereocenters. The van der Waals surface area contributed by atoms with Gasteiger partial charge in [0, 0.05) is 0 Å². The second-order valence-electron chi connectivity index (χ2n) is 7.09. The van der Waals surface area contributed by atoms with Gasteiger partial charge in [0.15, 0.2) is 0 Å². The van der Waals surface area contributed by atoms with Crippen molar-refractivity contribution in [1.29, 1.82) is 0 Å². The van der Waals surface area contributed by atoms with E-state index in [-0.39, 0.29) is 19.8 Å². The maximum absolute atomic E-state index is 10.0. The van der Waals surface area contributed by atoms with Crippen LogP contribution in [-0.4, -0.2) is 114 Å². The van der Waals surface area contributed by atoms with Crippen molar-refractivity contribution >= 4 is 23.9 Å². The molecule has 0 radical (unpaired) electrons. The molecule has 0 aromatic rings. The van der Waals surface area contributed by atoms with Gasteiger partial charge >= 0.3 is 0 Å². The van der Waals surface area contributed by atoms with Crippen LogP contribution in [0.25, 0.3) is 0 Å². The zero-order valence-corrected chi connectivity index (χ0v) is 20.5. The van der Waals surface area contributed by atoms with Gasteiger partial charge in [0.2, 0.25) is 0 Å². The molecule has 0 heterocycles. The van der Waals surface area contributed by atoms with Crippen LogP contribution in [0.1, 0.15) is 15.2 Å². The third-order valence-electron chi connectivity index (χ3n) is 2.72. The van der Waals surface area contributed by atoms with Crippen molar-refractivity contribution in [3.63, 3.8) is 0 Å². The highest BCUT2D eigenvalue weighted by atomic mass is 32.2. The van der Waals surface area contributed by atoms with E-state index in [4.69, 9.17) is 6.26 Å². The Morgan fingerprint density at radius 3 is 1.80 bits per heavy atom. The zero-order valence-electron chi connectivity index (χ0n) is 19.8. The van der Waals surface area contributed by atoms with E-state index in [1.165, 1.54) is 14.0 Å². The third kappa shape index (κ3) is 50.7. The minimum atomic E-state index is -4.42. The van der Waals surface area contributed by atoms with E-state index in [2.05, 4.69) is 9.84 Å². The molecule has 2 N–H and O–H groups in total. The Balaban J connectivity index is -0.000000158. The van der Waals surface area contributed by atoms with Gasteiger partial charge in [0.1, 0.15) is 16.7 Å². The number of phosphoric acid groups is 1. The summed E-state index contributed by atoms with van der Waals surface area (Å²) in [7, 11) is 0.715. The summed E-state index contributed by atoms with van der Waals surface area (Å²) in [6, 6.07) is 0. The molecule has 0 spiro atoms. The van der Waals surface area contributed by atoms with Gasteiger partial charge in [-0.05, 0) is 20.9 Å². The summed E-state index contributed by atoms with van der Waals surface area (Å²) < 4.78 is 50.2. The molecule has 0 saturated carbocycles. The number of carboxylic acid groups (broad SMARTS) is 1. The van der Waals surface area contributed by atoms with Crippen LogP contribution in [0.2, 0.25) is 0 Å². The lowest BCUT2D eigenvalue weighted by atomic mass is 10.4. The molecule has 15 heteroatoms. The fraction of sp³-hybridized carbons (Fsp3) is 0.933. The SMILES string of the molecule is CCOP(=O)([O-])O.CC[N+](C)(C)CC(=O)[O-].CNCS(=O)(=O)[O-].[2H]C[N+](C)(C)CC[O-]. The van der Waals surface area contributed by atoms with Crippen molar-refractivity contribution in [2.45, 2.75) is 13.8 Å². The highest BCUT2D eigenvalue weighted by molar-refractivity contribution is 7.85. The molecule has 0 aromatic heterocycles. The molecule has 0 aliphatic heterocycles. The second-order valence-corrected chi connectivity index (χ2v) is 9.69. The van der Waals surface area contributed by atoms with Crippen LogP contribution < -0.4 is 20.4 Å². The molecule has 0 aliphatic rings. The summed E-state index contributed by atoms with van der Waals surface area (Å²) in [4.78, 5) is 27.4. The molecule has 186 valence electrons. The minimum absolute atomic E-state index is 0.0166. The largest absolute Gasteiger partial charge is 0.850 e. The van der Waals surface area contributed by atoms with Crippen LogP contribution in [-0.2, 0) is 24.0 Å². The zero-order chi connectivity index (χ0) is 25.9. The molecule has 0 bridgehead atoms. The Bertz CT molecular complexity index is 600. The normalized spacial score (nSPS) is 13.8. The van der Waals surface area contributed by atoms with Crippen LogP contribution >= 0.6 is 7.82 Å². The van der Waals surface area contributed by atoms with Crippen LogP contribution in [0.4, 0.5) is 0 Å². The van der Waals surface area contributed by atoms with Gasteiger partial charge in [-0.2, -0.15) is 0 Å². The van der Waals surface area contributed by atoms with Gasteiger partial charge in [-0.25, -0.2) is 8.42 Å². The van der Waals surface area contributed by atoms with Crippen LogP contribution in [0.15, 0.2) is 0 Å². The fourth-order valence-corrected chi connectivity index (χ4v) is 1.73. The molecule has 0 amide bonds. The Kier molecular flexibility index (Phi) is 20.3. The average Bonchev–Trinajstić information content (AvgIpc) is 2.53. The smallest absolute Gasteiger partial charge is 0.265 e. The minimum Gasteiger partial charge on any atom is -0.850 e. The molecule has 13 nitrogen and oxygen atoms in total. The molecule has 0 saturated heterocycles. The lowest BCUT2D eigenvalue weighted by Gasteiger charge is -2.28. The highest BCUT2D eigenvalue weighted by Crippen LogP contribution is 2.29. The van der Waals surface area contributed by atoms with Gasteiger partial charge in [-0.3, -0.25) is 4.57 Å². The molecule has 0 rings (SSSR count). The lowest BCUT2D eigenvalue weighted by molar-refractivity contribution is -0.882. The number of nitrogens with zero attached hydrogens (tertiary/aromatic N) is 2. The quantitative estimate of drug-likeness (QED) is 0.184. The van der Waals surface area contributed by atoms with Crippen LogP contribution in [0.3, 0.4) is 0 Å². The summed E-state index contributed by atoms with van der Waals surface area (Å²) in [6.45, 7) is 4.79. The van der Waals surface area contributed by atoms with Crippen molar-refractivity contribution < 1.29 is 57.2 Å². The average molecular weight is 485 g/mol. The number of quaternary nitrogens is 2. The number of nitrogens with one attached hydrogen (secondary N) is 1. The Morgan fingerprint density at radius 1 is 1.27 bits per heavy atom. The Labute approximate surface area is 181 Å².